The molecule has 3 heteroatoms. The number of aromatic nitrogens is 1. The molecular weight excluding hydrogens is 248 g/mol. The van der Waals surface area contributed by atoms with Crippen LogP contribution in [0.25, 0.3) is 10.8 Å². The Bertz CT molecular complexity index is 708. The molecule has 2 aromatic carbocycles. The van der Waals surface area contributed by atoms with Gasteiger partial charge >= 0.3 is 0 Å². The number of methoxy groups -OCH3 is 1. The summed E-state index contributed by atoms with van der Waals surface area (Å²) in [5.74, 6) is 0.638. The molecule has 20 heavy (non-hydrogen) atoms. The quantitative estimate of drug-likeness (QED) is 0.777. The van der Waals surface area contributed by atoms with Crippen molar-refractivity contribution in [3.63, 3.8) is 0 Å². The molecule has 3 rings (SSSR count). The van der Waals surface area contributed by atoms with E-state index in [-0.39, 0.29) is 0 Å². The highest BCUT2D eigenvalue weighted by Gasteiger charge is 1.98. The lowest BCUT2D eigenvalue weighted by Gasteiger charge is -2.08. The van der Waals surface area contributed by atoms with Gasteiger partial charge in [0.2, 0.25) is 5.88 Å². The van der Waals surface area contributed by atoms with E-state index in [4.69, 9.17) is 4.74 Å². The molecule has 0 saturated heterocycles. The van der Waals surface area contributed by atoms with Crippen LogP contribution in [0.2, 0.25) is 0 Å². The van der Waals surface area contributed by atoms with Crippen LogP contribution in [0.15, 0.2) is 60.8 Å². The van der Waals surface area contributed by atoms with Crippen LogP contribution in [0.1, 0.15) is 5.56 Å². The number of ether oxygens (including phenoxy) is 1. The molecule has 0 aliphatic carbocycles. The van der Waals surface area contributed by atoms with Crippen LogP contribution >= 0.6 is 0 Å². The number of hydrogen-bond donors (Lipinski definition) is 1. The maximum Gasteiger partial charge on any atom is 0.212 e. The van der Waals surface area contributed by atoms with Crippen molar-refractivity contribution in [2.24, 2.45) is 0 Å². The second kappa shape index (κ2) is 5.61. The molecule has 0 radical (unpaired) electrons. The number of rotatable bonds is 4. The summed E-state index contributed by atoms with van der Waals surface area (Å²) in [6, 6.07) is 18.6. The molecule has 3 nitrogen and oxygen atoms in total. The number of fused-ring (bicyclic) bond motifs is 1. The van der Waals surface area contributed by atoms with Gasteiger partial charge in [-0.15, -0.1) is 0 Å². The van der Waals surface area contributed by atoms with Crippen LogP contribution in [0.3, 0.4) is 0 Å². The smallest absolute Gasteiger partial charge is 0.212 e. The van der Waals surface area contributed by atoms with E-state index in [1.807, 2.05) is 18.3 Å². The lowest BCUT2D eigenvalue weighted by atomic mass is 10.1. The molecule has 0 saturated carbocycles. The van der Waals surface area contributed by atoms with Gasteiger partial charge in [0.1, 0.15) is 0 Å². The highest BCUT2D eigenvalue weighted by Crippen LogP contribution is 2.19. The predicted molar refractivity (Wildman–Crippen MR) is 82.1 cm³/mol. The monoisotopic (exact) mass is 264 g/mol. The second-order valence-corrected chi connectivity index (χ2v) is 4.62. The van der Waals surface area contributed by atoms with Crippen LogP contribution < -0.4 is 10.1 Å². The molecule has 1 aromatic heterocycles. The van der Waals surface area contributed by atoms with Crippen molar-refractivity contribution in [3.8, 4) is 5.88 Å². The molecule has 0 fully saturated rings. The Kier molecular flexibility index (Phi) is 3.50. The van der Waals surface area contributed by atoms with E-state index in [1.165, 1.54) is 10.8 Å². The molecule has 0 atom stereocenters. The molecule has 3 aromatic rings. The minimum Gasteiger partial charge on any atom is -0.481 e. The van der Waals surface area contributed by atoms with E-state index in [0.29, 0.717) is 5.88 Å². The van der Waals surface area contributed by atoms with Gasteiger partial charge in [0.15, 0.2) is 0 Å². The van der Waals surface area contributed by atoms with Crippen LogP contribution in [0, 0.1) is 0 Å². The first-order valence-electron chi connectivity index (χ1n) is 6.57. The minimum atomic E-state index is 0.638. The van der Waals surface area contributed by atoms with Gasteiger partial charge in [0, 0.05) is 24.5 Å². The summed E-state index contributed by atoms with van der Waals surface area (Å²) in [7, 11) is 1.62. The minimum absolute atomic E-state index is 0.638. The Morgan fingerprint density at radius 2 is 1.85 bits per heavy atom. The van der Waals surface area contributed by atoms with Crippen molar-refractivity contribution in [3.05, 3.63) is 66.4 Å². The van der Waals surface area contributed by atoms with Crippen molar-refractivity contribution < 1.29 is 4.74 Å². The van der Waals surface area contributed by atoms with E-state index in [9.17, 15) is 0 Å². The Labute approximate surface area is 118 Å². The first-order chi connectivity index (χ1) is 9.85. The predicted octanol–water partition coefficient (Wildman–Crippen LogP) is 3.86. The number of nitrogens with one attached hydrogen (secondary N) is 1. The van der Waals surface area contributed by atoms with Crippen molar-refractivity contribution in [1.82, 2.24) is 4.98 Å². The first-order valence-corrected chi connectivity index (χ1v) is 6.57. The topological polar surface area (TPSA) is 34.1 Å². The molecule has 0 spiro atoms. The standard InChI is InChI=1S/C17H16N2O/c1-20-17-9-6-13(12-19-17)11-18-16-8-7-14-4-2-3-5-15(14)10-16/h2-10,12,18H,11H2,1H3. The van der Waals surface area contributed by atoms with Crippen molar-refractivity contribution >= 4 is 16.5 Å². The van der Waals surface area contributed by atoms with E-state index < -0.39 is 0 Å². The summed E-state index contributed by atoms with van der Waals surface area (Å²) in [6.07, 6.45) is 1.83. The summed E-state index contributed by atoms with van der Waals surface area (Å²) in [4.78, 5) is 4.20. The van der Waals surface area contributed by atoms with Gasteiger partial charge in [0.25, 0.3) is 0 Å². The van der Waals surface area contributed by atoms with E-state index in [1.54, 1.807) is 7.11 Å². The highest BCUT2D eigenvalue weighted by molar-refractivity contribution is 5.85. The van der Waals surface area contributed by atoms with Crippen LogP contribution in [-0.2, 0) is 6.54 Å². The van der Waals surface area contributed by atoms with Crippen LogP contribution in [-0.4, -0.2) is 12.1 Å². The Morgan fingerprint density at radius 1 is 1.00 bits per heavy atom. The fourth-order valence-electron chi connectivity index (χ4n) is 2.14. The zero-order valence-corrected chi connectivity index (χ0v) is 11.3. The molecule has 0 unspecified atom stereocenters. The van der Waals surface area contributed by atoms with Gasteiger partial charge in [-0.2, -0.15) is 0 Å². The molecule has 0 aliphatic heterocycles. The van der Waals surface area contributed by atoms with Gasteiger partial charge in [-0.25, -0.2) is 4.98 Å². The van der Waals surface area contributed by atoms with Gasteiger partial charge < -0.3 is 10.1 Å². The van der Waals surface area contributed by atoms with E-state index in [2.05, 4.69) is 52.8 Å². The number of nitrogens with zero attached hydrogens (tertiary/aromatic N) is 1. The average Bonchev–Trinajstić information content (AvgIpc) is 2.53. The second-order valence-electron chi connectivity index (χ2n) is 4.62. The number of anilines is 1. The van der Waals surface area contributed by atoms with E-state index in [0.717, 1.165) is 17.8 Å². The zero-order chi connectivity index (χ0) is 13.8. The van der Waals surface area contributed by atoms with Crippen LogP contribution in [0.4, 0.5) is 5.69 Å². The van der Waals surface area contributed by atoms with Crippen molar-refractivity contribution in [2.45, 2.75) is 6.54 Å². The lowest BCUT2D eigenvalue weighted by molar-refractivity contribution is 0.397. The molecule has 1 heterocycles. The molecule has 100 valence electrons. The summed E-state index contributed by atoms with van der Waals surface area (Å²) < 4.78 is 5.05. The lowest BCUT2D eigenvalue weighted by Crippen LogP contribution is -2.00. The van der Waals surface area contributed by atoms with E-state index >= 15 is 0 Å². The highest BCUT2D eigenvalue weighted by atomic mass is 16.5. The third kappa shape index (κ3) is 2.72. The fraction of sp³-hybridized carbons (Fsp3) is 0.118. The molecule has 1 N–H and O–H groups in total. The maximum absolute atomic E-state index is 5.05. The largest absolute Gasteiger partial charge is 0.481 e. The molecule has 0 aliphatic rings. The molecule has 0 amide bonds. The average molecular weight is 264 g/mol. The summed E-state index contributed by atoms with van der Waals surface area (Å²) in [6.45, 7) is 0.745. The van der Waals surface area contributed by atoms with Gasteiger partial charge in [-0.05, 0) is 28.5 Å². The normalized spacial score (nSPS) is 10.4. The third-order valence-electron chi connectivity index (χ3n) is 3.25. The fourth-order valence-corrected chi connectivity index (χ4v) is 2.14. The maximum atomic E-state index is 5.05. The Balaban J connectivity index is 1.72. The SMILES string of the molecule is COc1ccc(CNc2ccc3ccccc3c2)cn1. The Morgan fingerprint density at radius 3 is 2.60 bits per heavy atom. The van der Waals surface area contributed by atoms with Crippen molar-refractivity contribution in [2.75, 3.05) is 12.4 Å². The Hall–Kier alpha value is -2.55. The van der Waals surface area contributed by atoms with Gasteiger partial charge in [-0.3, -0.25) is 0 Å². The van der Waals surface area contributed by atoms with Crippen LogP contribution in [0.5, 0.6) is 5.88 Å². The molecular formula is C17H16N2O. The zero-order valence-electron chi connectivity index (χ0n) is 11.3. The van der Waals surface area contributed by atoms with Crippen molar-refractivity contribution in [1.29, 1.82) is 0 Å². The summed E-state index contributed by atoms with van der Waals surface area (Å²) in [5.41, 5.74) is 2.23. The number of pyridine rings is 1. The summed E-state index contributed by atoms with van der Waals surface area (Å²) >= 11 is 0. The molecule has 0 bridgehead atoms. The number of hydrogen-bond acceptors (Lipinski definition) is 3. The number of benzene rings is 2. The summed E-state index contributed by atoms with van der Waals surface area (Å²) in [5, 5.41) is 5.90. The first kappa shape index (κ1) is 12.5. The van der Waals surface area contributed by atoms with Gasteiger partial charge in [0.05, 0.1) is 7.11 Å². The van der Waals surface area contributed by atoms with Gasteiger partial charge in [-0.1, -0.05) is 36.4 Å². The third-order valence-corrected chi connectivity index (χ3v) is 3.25.